The van der Waals surface area contributed by atoms with Gasteiger partial charge in [-0.25, -0.2) is 9.97 Å². The van der Waals surface area contributed by atoms with Crippen molar-refractivity contribution in [1.82, 2.24) is 15.4 Å². The summed E-state index contributed by atoms with van der Waals surface area (Å²) in [6.45, 7) is 3.93. The number of anilines is 2. The lowest BCUT2D eigenvalue weighted by Gasteiger charge is -2.15. The van der Waals surface area contributed by atoms with Gasteiger partial charge in [0.25, 0.3) is 5.91 Å². The highest BCUT2D eigenvalue weighted by Crippen LogP contribution is 2.28. The second-order valence-corrected chi connectivity index (χ2v) is 5.57. The van der Waals surface area contributed by atoms with E-state index in [9.17, 15) is 14.9 Å². The van der Waals surface area contributed by atoms with Crippen LogP contribution in [-0.2, 0) is 4.74 Å². The van der Waals surface area contributed by atoms with Crippen molar-refractivity contribution in [3.63, 3.8) is 0 Å². The molecule has 1 aromatic heterocycles. The molecule has 10 heteroatoms. The van der Waals surface area contributed by atoms with Crippen molar-refractivity contribution in [3.05, 3.63) is 51.8 Å². The monoisotopic (exact) mass is 360 g/mol. The molecule has 138 valence electrons. The van der Waals surface area contributed by atoms with E-state index in [1.54, 1.807) is 32.0 Å². The Morgan fingerprint density at radius 2 is 2.00 bits per heavy atom. The molecule has 10 nitrogen and oxygen atoms in total. The molecule has 2 aromatic rings. The fraction of sp³-hybridized carbons (Fsp3) is 0.312. The third kappa shape index (κ3) is 4.63. The van der Waals surface area contributed by atoms with Crippen LogP contribution in [0.2, 0.25) is 0 Å². The summed E-state index contributed by atoms with van der Waals surface area (Å²) >= 11 is 0. The predicted octanol–water partition coefficient (Wildman–Crippen LogP) is 1.90. The van der Waals surface area contributed by atoms with Gasteiger partial charge in [0.1, 0.15) is 6.33 Å². The first kappa shape index (κ1) is 19.1. The molecule has 0 fully saturated rings. The van der Waals surface area contributed by atoms with E-state index in [2.05, 4.69) is 26.1 Å². The number of nitrogens with zero attached hydrogens (tertiary/aromatic N) is 3. The van der Waals surface area contributed by atoms with E-state index in [0.717, 1.165) is 11.9 Å². The van der Waals surface area contributed by atoms with Gasteiger partial charge in [-0.3, -0.25) is 25.8 Å². The fourth-order valence-corrected chi connectivity index (χ4v) is 2.28. The molecule has 0 aliphatic carbocycles. The number of rotatable bonds is 8. The third-order valence-corrected chi connectivity index (χ3v) is 3.49. The first-order valence-corrected chi connectivity index (χ1v) is 7.81. The number of carbonyl (C=O) groups is 1. The molecule has 0 radical (unpaired) electrons. The second kappa shape index (κ2) is 8.72. The van der Waals surface area contributed by atoms with Crippen molar-refractivity contribution in [2.75, 3.05) is 24.5 Å². The van der Waals surface area contributed by atoms with E-state index in [-0.39, 0.29) is 23.4 Å². The van der Waals surface area contributed by atoms with Gasteiger partial charge >= 0.3 is 5.69 Å². The van der Waals surface area contributed by atoms with Gasteiger partial charge < -0.3 is 10.1 Å². The summed E-state index contributed by atoms with van der Waals surface area (Å²) < 4.78 is 5.00. The largest absolute Gasteiger partial charge is 0.383 e. The normalized spacial score (nSPS) is 11.5. The number of amides is 1. The number of nitrogens with one attached hydrogen (secondary N) is 3. The molecule has 0 aliphatic rings. The minimum Gasteiger partial charge on any atom is -0.383 e. The molecule has 1 aromatic carbocycles. The molecule has 1 heterocycles. The van der Waals surface area contributed by atoms with Crippen molar-refractivity contribution < 1.29 is 14.5 Å². The summed E-state index contributed by atoms with van der Waals surface area (Å²) in [6, 6.07) is 6.78. The molecule has 0 saturated carbocycles. The van der Waals surface area contributed by atoms with Crippen LogP contribution in [0.3, 0.4) is 0 Å². The summed E-state index contributed by atoms with van der Waals surface area (Å²) in [5.41, 5.74) is 5.77. The Bertz CT molecular complexity index is 798. The highest BCUT2D eigenvalue weighted by molar-refractivity contribution is 5.96. The van der Waals surface area contributed by atoms with Crippen molar-refractivity contribution >= 4 is 23.2 Å². The molecule has 0 aliphatic heterocycles. The number of nitro groups is 1. The predicted molar refractivity (Wildman–Crippen MR) is 95.9 cm³/mol. The summed E-state index contributed by atoms with van der Waals surface area (Å²) in [5, 5.41) is 14.3. The smallest absolute Gasteiger partial charge is 0.354 e. The van der Waals surface area contributed by atoms with Crippen molar-refractivity contribution in [2.45, 2.75) is 19.9 Å². The molecular weight excluding hydrogens is 340 g/mol. The van der Waals surface area contributed by atoms with Crippen LogP contribution in [0.5, 0.6) is 0 Å². The SMILES string of the molecule is COCC(C)Nc1ncnc(NNC(=O)c2ccccc2C)c1[N+](=O)[O-]. The van der Waals surface area contributed by atoms with E-state index in [1.807, 2.05) is 6.07 Å². The van der Waals surface area contributed by atoms with Crippen molar-refractivity contribution in [2.24, 2.45) is 0 Å². The lowest BCUT2D eigenvalue weighted by molar-refractivity contribution is -0.383. The van der Waals surface area contributed by atoms with Crippen LogP contribution in [0, 0.1) is 17.0 Å². The van der Waals surface area contributed by atoms with Crippen molar-refractivity contribution in [1.29, 1.82) is 0 Å². The highest BCUT2D eigenvalue weighted by atomic mass is 16.6. The molecule has 0 spiro atoms. The molecule has 3 N–H and O–H groups in total. The van der Waals surface area contributed by atoms with Gasteiger partial charge in [0.15, 0.2) is 0 Å². The molecule has 1 amide bonds. The molecule has 0 saturated heterocycles. The molecule has 1 unspecified atom stereocenters. The summed E-state index contributed by atoms with van der Waals surface area (Å²) in [7, 11) is 1.53. The van der Waals surface area contributed by atoms with E-state index in [0.29, 0.717) is 12.2 Å². The summed E-state index contributed by atoms with van der Waals surface area (Å²) in [4.78, 5) is 30.8. The van der Waals surface area contributed by atoms with E-state index >= 15 is 0 Å². The number of methoxy groups -OCH3 is 1. The van der Waals surface area contributed by atoms with Crippen LogP contribution in [-0.4, -0.2) is 40.6 Å². The van der Waals surface area contributed by atoms with Gasteiger partial charge in [-0.2, -0.15) is 0 Å². The molecule has 26 heavy (non-hydrogen) atoms. The number of benzene rings is 1. The fourth-order valence-electron chi connectivity index (χ4n) is 2.28. The number of carbonyl (C=O) groups excluding carboxylic acids is 1. The maximum atomic E-state index is 12.2. The average Bonchev–Trinajstić information content (AvgIpc) is 2.60. The Morgan fingerprint density at radius 1 is 1.31 bits per heavy atom. The van der Waals surface area contributed by atoms with E-state index < -0.39 is 10.8 Å². The molecule has 0 bridgehead atoms. The van der Waals surface area contributed by atoms with Gasteiger partial charge in [0.05, 0.1) is 11.5 Å². The van der Waals surface area contributed by atoms with Crippen molar-refractivity contribution in [3.8, 4) is 0 Å². The van der Waals surface area contributed by atoms with Crippen LogP contribution in [0.4, 0.5) is 17.3 Å². The molecule has 1 atom stereocenters. The van der Waals surface area contributed by atoms with E-state index in [1.165, 1.54) is 7.11 Å². The maximum absolute atomic E-state index is 12.2. The van der Waals surface area contributed by atoms with Gasteiger partial charge in [-0.05, 0) is 25.5 Å². The Labute approximate surface area is 150 Å². The Balaban J connectivity index is 2.19. The average molecular weight is 360 g/mol. The summed E-state index contributed by atoms with van der Waals surface area (Å²) in [5.74, 6) is -0.528. The minimum atomic E-state index is -0.621. The number of aromatic nitrogens is 2. The quantitative estimate of drug-likeness (QED) is 0.480. The number of aryl methyl sites for hydroxylation is 1. The second-order valence-electron chi connectivity index (χ2n) is 5.57. The zero-order valence-electron chi connectivity index (χ0n) is 14.6. The number of ether oxygens (including phenoxy) is 1. The Kier molecular flexibility index (Phi) is 6.39. The van der Waals surface area contributed by atoms with Crippen LogP contribution >= 0.6 is 0 Å². The third-order valence-electron chi connectivity index (χ3n) is 3.49. The highest BCUT2D eigenvalue weighted by Gasteiger charge is 2.24. The zero-order valence-corrected chi connectivity index (χ0v) is 14.6. The molecular formula is C16H20N6O4. The number of hydrazine groups is 1. The number of hydrogen-bond donors (Lipinski definition) is 3. The standard InChI is InChI=1S/C16H20N6O4/c1-10-6-4-5-7-12(10)16(23)21-20-15-13(22(24)25)14(17-9-18-15)19-11(2)8-26-3/h4-7,9,11H,8H2,1-3H3,(H,21,23)(H2,17,18,19,20). The summed E-state index contributed by atoms with van der Waals surface area (Å²) in [6.07, 6.45) is 1.16. The van der Waals surface area contributed by atoms with E-state index in [4.69, 9.17) is 4.74 Å². The van der Waals surface area contributed by atoms with Crippen LogP contribution in [0.1, 0.15) is 22.8 Å². The lowest BCUT2D eigenvalue weighted by Crippen LogP contribution is -2.31. The van der Waals surface area contributed by atoms with Gasteiger partial charge in [0, 0.05) is 18.7 Å². The first-order valence-electron chi connectivity index (χ1n) is 7.81. The van der Waals surface area contributed by atoms with Crippen LogP contribution in [0.15, 0.2) is 30.6 Å². The molecule has 2 rings (SSSR count). The van der Waals surface area contributed by atoms with Crippen LogP contribution in [0.25, 0.3) is 0 Å². The maximum Gasteiger partial charge on any atom is 0.354 e. The van der Waals surface area contributed by atoms with Gasteiger partial charge in [0.2, 0.25) is 11.6 Å². The minimum absolute atomic E-state index is 0.0298. The lowest BCUT2D eigenvalue weighted by atomic mass is 10.1. The van der Waals surface area contributed by atoms with Gasteiger partial charge in [-0.1, -0.05) is 18.2 Å². The zero-order chi connectivity index (χ0) is 19.1. The van der Waals surface area contributed by atoms with Crippen LogP contribution < -0.4 is 16.2 Å². The topological polar surface area (TPSA) is 131 Å². The Hall–Kier alpha value is -3.27. The number of hydrogen-bond acceptors (Lipinski definition) is 8. The Morgan fingerprint density at radius 3 is 2.65 bits per heavy atom. The first-order chi connectivity index (χ1) is 12.4. The van der Waals surface area contributed by atoms with Gasteiger partial charge in [-0.15, -0.1) is 0 Å².